The van der Waals surface area contributed by atoms with Gasteiger partial charge in [-0.25, -0.2) is 9.50 Å². The first-order chi connectivity index (χ1) is 13.2. The fourth-order valence-corrected chi connectivity index (χ4v) is 3.69. The van der Waals surface area contributed by atoms with Crippen molar-refractivity contribution in [3.63, 3.8) is 0 Å². The Morgan fingerprint density at radius 1 is 1.33 bits per heavy atom. The molecule has 0 fully saturated rings. The standard InChI is InChI=1S/C21H24N4O2/c1-3-27-19-7-5-4-6-15(19)11-23-21(26)17-13-24-25-18-9-8-14(2)10-16(18)12-22-20(17)25/h4-7,12-14H,3,8-11H2,1-2H3,(H,23,26). The molecule has 0 aliphatic heterocycles. The maximum atomic E-state index is 12.7. The van der Waals surface area contributed by atoms with Gasteiger partial charge in [0, 0.05) is 24.0 Å². The van der Waals surface area contributed by atoms with Crippen molar-refractivity contribution in [3.05, 3.63) is 59.0 Å². The van der Waals surface area contributed by atoms with E-state index >= 15 is 0 Å². The number of rotatable bonds is 5. The molecular weight excluding hydrogens is 340 g/mol. The molecular formula is C21H24N4O2. The molecule has 2 heterocycles. The van der Waals surface area contributed by atoms with Crippen LogP contribution in [-0.4, -0.2) is 27.1 Å². The van der Waals surface area contributed by atoms with E-state index in [1.807, 2.05) is 41.9 Å². The van der Waals surface area contributed by atoms with Crippen LogP contribution in [-0.2, 0) is 19.4 Å². The Kier molecular flexibility index (Phi) is 4.79. The van der Waals surface area contributed by atoms with Crippen molar-refractivity contribution < 1.29 is 9.53 Å². The summed E-state index contributed by atoms with van der Waals surface area (Å²) in [6, 6.07) is 7.73. The molecule has 1 aromatic carbocycles. The number of nitrogens with zero attached hydrogens (tertiary/aromatic N) is 3. The average Bonchev–Trinajstić information content (AvgIpc) is 3.11. The van der Waals surface area contributed by atoms with Gasteiger partial charge in [-0.3, -0.25) is 4.79 Å². The summed E-state index contributed by atoms with van der Waals surface area (Å²) in [6.07, 6.45) is 6.66. The molecule has 140 valence electrons. The smallest absolute Gasteiger partial charge is 0.257 e. The van der Waals surface area contributed by atoms with Gasteiger partial charge in [0.05, 0.1) is 12.8 Å². The number of hydrogen-bond donors (Lipinski definition) is 1. The van der Waals surface area contributed by atoms with Crippen LogP contribution in [0.5, 0.6) is 5.75 Å². The van der Waals surface area contributed by atoms with Gasteiger partial charge in [0.1, 0.15) is 11.3 Å². The van der Waals surface area contributed by atoms with Gasteiger partial charge in [-0.15, -0.1) is 0 Å². The summed E-state index contributed by atoms with van der Waals surface area (Å²) < 4.78 is 7.46. The molecule has 1 amide bonds. The number of fused-ring (bicyclic) bond motifs is 3. The van der Waals surface area contributed by atoms with Crippen molar-refractivity contribution in [3.8, 4) is 5.75 Å². The van der Waals surface area contributed by atoms with E-state index in [0.29, 0.717) is 30.3 Å². The number of aromatic nitrogens is 3. The lowest BCUT2D eigenvalue weighted by Gasteiger charge is -2.21. The van der Waals surface area contributed by atoms with E-state index in [2.05, 4.69) is 22.3 Å². The molecule has 1 N–H and O–H groups in total. The van der Waals surface area contributed by atoms with Crippen LogP contribution in [0.3, 0.4) is 0 Å². The maximum absolute atomic E-state index is 12.7. The average molecular weight is 364 g/mol. The summed E-state index contributed by atoms with van der Waals surface area (Å²) in [6.45, 7) is 5.19. The maximum Gasteiger partial charge on any atom is 0.257 e. The lowest BCUT2D eigenvalue weighted by molar-refractivity contribution is 0.0952. The number of aryl methyl sites for hydroxylation is 1. The summed E-state index contributed by atoms with van der Waals surface area (Å²) in [7, 11) is 0. The highest BCUT2D eigenvalue weighted by molar-refractivity contribution is 5.99. The van der Waals surface area contributed by atoms with Crippen LogP contribution in [0.1, 0.15) is 47.4 Å². The lowest BCUT2D eigenvalue weighted by Crippen LogP contribution is -2.23. The molecule has 6 nitrogen and oxygen atoms in total. The zero-order valence-corrected chi connectivity index (χ0v) is 15.7. The molecule has 3 aromatic rings. The second-order valence-corrected chi connectivity index (χ2v) is 7.10. The number of carbonyl (C=O) groups is 1. The van der Waals surface area contributed by atoms with Crippen LogP contribution in [0, 0.1) is 5.92 Å². The number of ether oxygens (including phenoxy) is 1. The van der Waals surface area contributed by atoms with E-state index in [9.17, 15) is 4.79 Å². The van der Waals surface area contributed by atoms with Gasteiger partial charge < -0.3 is 10.1 Å². The monoisotopic (exact) mass is 364 g/mol. The Morgan fingerprint density at radius 3 is 3.04 bits per heavy atom. The van der Waals surface area contributed by atoms with Gasteiger partial charge in [-0.05, 0) is 43.7 Å². The molecule has 0 bridgehead atoms. The Morgan fingerprint density at radius 2 is 2.19 bits per heavy atom. The predicted octanol–water partition coefficient (Wildman–Crippen LogP) is 3.18. The Hall–Kier alpha value is -2.89. The van der Waals surface area contributed by atoms with Crippen molar-refractivity contribution in [2.75, 3.05) is 6.61 Å². The third kappa shape index (κ3) is 3.39. The molecule has 1 atom stereocenters. The number of carbonyl (C=O) groups excluding carboxylic acids is 1. The Balaban J connectivity index is 1.55. The van der Waals surface area contributed by atoms with E-state index in [-0.39, 0.29) is 5.91 Å². The second-order valence-electron chi connectivity index (χ2n) is 7.10. The summed E-state index contributed by atoms with van der Waals surface area (Å²) in [4.78, 5) is 17.3. The highest BCUT2D eigenvalue weighted by Gasteiger charge is 2.22. The molecule has 0 radical (unpaired) electrons. The second kappa shape index (κ2) is 7.39. The number of nitrogens with one attached hydrogen (secondary N) is 1. The quantitative estimate of drug-likeness (QED) is 0.755. The normalized spacial score (nSPS) is 16.1. The van der Waals surface area contributed by atoms with E-state index in [4.69, 9.17) is 4.74 Å². The number of benzene rings is 1. The van der Waals surface area contributed by atoms with E-state index in [0.717, 1.165) is 30.6 Å². The van der Waals surface area contributed by atoms with Crippen molar-refractivity contribution in [1.29, 1.82) is 0 Å². The first-order valence-electron chi connectivity index (χ1n) is 9.50. The molecule has 1 unspecified atom stereocenters. The van der Waals surface area contributed by atoms with Crippen molar-refractivity contribution >= 4 is 11.6 Å². The van der Waals surface area contributed by atoms with Gasteiger partial charge in [-0.1, -0.05) is 25.1 Å². The van der Waals surface area contributed by atoms with Crippen LogP contribution in [0.15, 0.2) is 36.7 Å². The molecule has 1 aliphatic carbocycles. The predicted molar refractivity (Wildman–Crippen MR) is 103 cm³/mol. The largest absolute Gasteiger partial charge is 0.494 e. The molecule has 1 aliphatic rings. The summed E-state index contributed by atoms with van der Waals surface area (Å²) in [5.74, 6) is 1.29. The van der Waals surface area contributed by atoms with Gasteiger partial charge in [0.25, 0.3) is 5.91 Å². The van der Waals surface area contributed by atoms with E-state index < -0.39 is 0 Å². The topological polar surface area (TPSA) is 68.5 Å². The van der Waals surface area contributed by atoms with E-state index in [1.165, 1.54) is 11.3 Å². The van der Waals surface area contributed by atoms with Gasteiger partial charge in [0.2, 0.25) is 0 Å². The fraction of sp³-hybridized carbons (Fsp3) is 0.381. The third-order valence-electron chi connectivity index (χ3n) is 5.11. The molecule has 6 heteroatoms. The minimum Gasteiger partial charge on any atom is -0.494 e. The van der Waals surface area contributed by atoms with E-state index in [1.54, 1.807) is 6.20 Å². The summed E-state index contributed by atoms with van der Waals surface area (Å²) in [5, 5.41) is 7.42. The highest BCUT2D eigenvalue weighted by atomic mass is 16.5. The van der Waals surface area contributed by atoms with Gasteiger partial charge >= 0.3 is 0 Å². The SMILES string of the molecule is CCOc1ccccc1CNC(=O)c1cnn2c3c(cnc12)CC(C)CC3. The summed E-state index contributed by atoms with van der Waals surface area (Å²) in [5.41, 5.74) is 4.49. The fourth-order valence-electron chi connectivity index (χ4n) is 3.69. The van der Waals surface area contributed by atoms with Crippen molar-refractivity contribution in [1.82, 2.24) is 19.9 Å². The highest BCUT2D eigenvalue weighted by Crippen LogP contribution is 2.26. The van der Waals surface area contributed by atoms with Crippen molar-refractivity contribution in [2.45, 2.75) is 39.7 Å². The molecule has 0 saturated heterocycles. The van der Waals surface area contributed by atoms with Crippen LogP contribution in [0.4, 0.5) is 0 Å². The first-order valence-corrected chi connectivity index (χ1v) is 9.50. The zero-order valence-electron chi connectivity index (χ0n) is 15.7. The molecule has 4 rings (SSSR count). The Labute approximate surface area is 158 Å². The van der Waals surface area contributed by atoms with Gasteiger partial charge in [0.15, 0.2) is 5.65 Å². The molecule has 2 aromatic heterocycles. The van der Waals surface area contributed by atoms with Crippen LogP contribution < -0.4 is 10.1 Å². The molecule has 27 heavy (non-hydrogen) atoms. The van der Waals surface area contributed by atoms with Crippen LogP contribution in [0.25, 0.3) is 5.65 Å². The minimum atomic E-state index is -0.173. The Bertz CT molecular complexity index is 979. The lowest BCUT2D eigenvalue weighted by atomic mass is 9.89. The third-order valence-corrected chi connectivity index (χ3v) is 5.11. The number of para-hydroxylation sites is 1. The molecule has 0 saturated carbocycles. The molecule has 0 spiro atoms. The van der Waals surface area contributed by atoms with Crippen molar-refractivity contribution in [2.24, 2.45) is 5.92 Å². The minimum absolute atomic E-state index is 0.173. The van der Waals surface area contributed by atoms with Gasteiger partial charge in [-0.2, -0.15) is 5.10 Å². The zero-order chi connectivity index (χ0) is 18.8. The van der Waals surface area contributed by atoms with Crippen LogP contribution in [0.2, 0.25) is 0 Å². The number of amides is 1. The van der Waals surface area contributed by atoms with Crippen LogP contribution >= 0.6 is 0 Å². The number of hydrogen-bond acceptors (Lipinski definition) is 4. The summed E-state index contributed by atoms with van der Waals surface area (Å²) >= 11 is 0. The first kappa shape index (κ1) is 17.5.